The second-order valence-electron chi connectivity index (χ2n) is 7.58. The molecule has 29 heavy (non-hydrogen) atoms. The molecule has 0 saturated carbocycles. The summed E-state index contributed by atoms with van der Waals surface area (Å²) in [4.78, 5) is 2.54. The molecule has 0 bridgehead atoms. The van der Waals surface area contributed by atoms with E-state index in [9.17, 15) is 8.42 Å². The highest BCUT2D eigenvalue weighted by Crippen LogP contribution is 2.30. The summed E-state index contributed by atoms with van der Waals surface area (Å²) in [5, 5.41) is 0. The van der Waals surface area contributed by atoms with Gasteiger partial charge in [0.2, 0.25) is 10.0 Å². The summed E-state index contributed by atoms with van der Waals surface area (Å²) in [5.41, 5.74) is 2.17. The molecular weight excluding hydrogens is 384 g/mol. The Morgan fingerprint density at radius 3 is 2.34 bits per heavy atom. The zero-order chi connectivity index (χ0) is 20.9. The average molecular weight is 415 g/mol. The predicted octanol–water partition coefficient (Wildman–Crippen LogP) is 3.84. The third kappa shape index (κ3) is 5.26. The number of benzene rings is 2. The van der Waals surface area contributed by atoms with E-state index in [4.69, 9.17) is 4.74 Å². The lowest BCUT2D eigenvalue weighted by atomic mass is 10.0. The number of hydrogen-bond donors (Lipinski definition) is 0. The lowest BCUT2D eigenvalue weighted by Crippen LogP contribution is -2.48. The molecule has 0 N–H and O–H groups in total. The van der Waals surface area contributed by atoms with Gasteiger partial charge in [-0.15, -0.1) is 0 Å². The van der Waals surface area contributed by atoms with Crippen LogP contribution < -0.4 is 4.74 Å². The Hall–Kier alpha value is -2.15. The standard InChI is InChI=1S/C23H30N2O3S/c1-19(2)21-11-12-22(28-3)23(18-21)29(26,27)25-16-14-24(15-17-25)13-7-10-20-8-5-4-6-9-20/h4-12,18-19H,13-17H2,1-3H3/b10-7+. The van der Waals surface area contributed by atoms with E-state index < -0.39 is 10.0 Å². The van der Waals surface area contributed by atoms with E-state index in [-0.39, 0.29) is 10.8 Å². The molecule has 1 fully saturated rings. The molecule has 2 aromatic rings. The first-order valence-electron chi connectivity index (χ1n) is 10.0. The first kappa shape index (κ1) is 21.6. The number of sulfonamides is 1. The molecule has 0 radical (unpaired) electrons. The predicted molar refractivity (Wildman–Crippen MR) is 118 cm³/mol. The molecule has 0 aromatic heterocycles. The molecule has 0 aliphatic carbocycles. The van der Waals surface area contributed by atoms with E-state index >= 15 is 0 Å². The fraction of sp³-hybridized carbons (Fsp3) is 0.391. The second-order valence-corrected chi connectivity index (χ2v) is 9.49. The van der Waals surface area contributed by atoms with Gasteiger partial charge in [-0.1, -0.05) is 62.4 Å². The Kier molecular flexibility index (Phi) is 7.11. The molecule has 156 valence electrons. The third-order valence-electron chi connectivity index (χ3n) is 5.28. The maximum absolute atomic E-state index is 13.3. The van der Waals surface area contributed by atoms with Crippen LogP contribution in [0.4, 0.5) is 0 Å². The summed E-state index contributed by atoms with van der Waals surface area (Å²) in [6.45, 7) is 7.32. The number of piperazine rings is 1. The fourth-order valence-corrected chi connectivity index (χ4v) is 5.06. The molecule has 0 amide bonds. The summed E-state index contributed by atoms with van der Waals surface area (Å²) in [5.74, 6) is 0.658. The molecule has 1 aliphatic heterocycles. The summed E-state index contributed by atoms with van der Waals surface area (Å²) in [6.07, 6.45) is 4.24. The normalized spacial score (nSPS) is 16.6. The van der Waals surface area contributed by atoms with Crippen molar-refractivity contribution in [1.29, 1.82) is 0 Å². The summed E-state index contributed by atoms with van der Waals surface area (Å²) in [6, 6.07) is 15.6. The number of ether oxygens (including phenoxy) is 1. The van der Waals surface area contributed by atoms with Crippen molar-refractivity contribution in [1.82, 2.24) is 9.21 Å². The summed E-state index contributed by atoms with van der Waals surface area (Å²) < 4.78 is 33.4. The van der Waals surface area contributed by atoms with Crippen molar-refractivity contribution in [2.75, 3.05) is 39.8 Å². The Morgan fingerprint density at radius 1 is 1.03 bits per heavy atom. The molecule has 1 aliphatic rings. The van der Waals surface area contributed by atoms with Crippen molar-refractivity contribution >= 4 is 16.1 Å². The average Bonchev–Trinajstić information content (AvgIpc) is 2.74. The van der Waals surface area contributed by atoms with E-state index in [2.05, 4.69) is 43.0 Å². The van der Waals surface area contributed by atoms with Gasteiger partial charge in [-0.25, -0.2) is 8.42 Å². The summed E-state index contributed by atoms with van der Waals surface area (Å²) >= 11 is 0. The molecule has 5 nitrogen and oxygen atoms in total. The minimum Gasteiger partial charge on any atom is -0.495 e. The van der Waals surface area contributed by atoms with Crippen molar-refractivity contribution in [2.45, 2.75) is 24.7 Å². The molecule has 1 saturated heterocycles. The Morgan fingerprint density at radius 2 is 1.72 bits per heavy atom. The van der Waals surface area contributed by atoms with E-state index in [1.54, 1.807) is 16.4 Å². The van der Waals surface area contributed by atoms with Crippen LogP contribution in [0.3, 0.4) is 0 Å². The van der Waals surface area contributed by atoms with Gasteiger partial charge >= 0.3 is 0 Å². The van der Waals surface area contributed by atoms with Gasteiger partial charge in [-0.05, 0) is 29.2 Å². The quantitative estimate of drug-likeness (QED) is 0.691. The van der Waals surface area contributed by atoms with Gasteiger partial charge in [-0.3, -0.25) is 4.90 Å². The van der Waals surface area contributed by atoms with Gasteiger partial charge in [0.25, 0.3) is 0 Å². The monoisotopic (exact) mass is 414 g/mol. The van der Waals surface area contributed by atoms with Crippen LogP contribution in [0.25, 0.3) is 6.08 Å². The molecule has 1 heterocycles. The van der Waals surface area contributed by atoms with Gasteiger partial charge in [0.05, 0.1) is 7.11 Å². The molecular formula is C23H30N2O3S. The maximum Gasteiger partial charge on any atom is 0.246 e. The van der Waals surface area contributed by atoms with E-state index in [0.29, 0.717) is 31.9 Å². The van der Waals surface area contributed by atoms with Crippen molar-refractivity contribution in [3.8, 4) is 5.75 Å². The zero-order valence-electron chi connectivity index (χ0n) is 17.4. The highest BCUT2D eigenvalue weighted by molar-refractivity contribution is 7.89. The van der Waals surface area contributed by atoms with Crippen LogP contribution in [0.1, 0.15) is 30.9 Å². The molecule has 2 aromatic carbocycles. The fourth-order valence-electron chi connectivity index (χ4n) is 3.45. The van der Waals surface area contributed by atoms with E-state index in [1.165, 1.54) is 12.7 Å². The van der Waals surface area contributed by atoms with E-state index in [0.717, 1.165) is 12.1 Å². The van der Waals surface area contributed by atoms with Gasteiger partial charge in [0.1, 0.15) is 10.6 Å². The molecule has 0 atom stereocenters. The lowest BCUT2D eigenvalue weighted by Gasteiger charge is -2.33. The minimum atomic E-state index is -3.58. The SMILES string of the molecule is COc1ccc(C(C)C)cc1S(=O)(=O)N1CCN(C/C=C/c2ccccc2)CC1. The lowest BCUT2D eigenvalue weighted by molar-refractivity contribution is 0.204. The topological polar surface area (TPSA) is 49.9 Å². The highest BCUT2D eigenvalue weighted by atomic mass is 32.2. The Balaban J connectivity index is 1.65. The largest absolute Gasteiger partial charge is 0.495 e. The maximum atomic E-state index is 13.3. The first-order chi connectivity index (χ1) is 13.9. The molecule has 3 rings (SSSR count). The van der Waals surface area contributed by atoms with Crippen LogP contribution in [0.5, 0.6) is 5.75 Å². The number of methoxy groups -OCH3 is 1. The van der Waals surface area contributed by atoms with Crippen molar-refractivity contribution < 1.29 is 13.2 Å². The van der Waals surface area contributed by atoms with Gasteiger partial charge in [-0.2, -0.15) is 4.31 Å². The van der Waals surface area contributed by atoms with Crippen molar-refractivity contribution in [3.05, 3.63) is 65.7 Å². The van der Waals surface area contributed by atoms with E-state index in [1.807, 2.05) is 24.3 Å². The smallest absolute Gasteiger partial charge is 0.246 e. The molecule has 6 heteroatoms. The first-order valence-corrected chi connectivity index (χ1v) is 11.5. The van der Waals surface area contributed by atoms with Crippen LogP contribution in [0.15, 0.2) is 59.5 Å². The summed E-state index contributed by atoms with van der Waals surface area (Å²) in [7, 11) is -2.07. The van der Waals surface area contributed by atoms with Crippen LogP contribution >= 0.6 is 0 Å². The van der Waals surface area contributed by atoms with Crippen LogP contribution in [0, 0.1) is 0 Å². The second kappa shape index (κ2) is 9.57. The van der Waals surface area contributed by atoms with Gasteiger partial charge in [0.15, 0.2) is 0 Å². The van der Waals surface area contributed by atoms with Gasteiger partial charge in [0, 0.05) is 32.7 Å². The van der Waals surface area contributed by atoms with Gasteiger partial charge < -0.3 is 4.74 Å². The highest BCUT2D eigenvalue weighted by Gasteiger charge is 2.31. The molecule has 0 spiro atoms. The zero-order valence-corrected chi connectivity index (χ0v) is 18.2. The number of hydrogen-bond acceptors (Lipinski definition) is 4. The number of nitrogens with zero attached hydrogens (tertiary/aromatic N) is 2. The van der Waals surface area contributed by atoms with Crippen LogP contribution in [-0.4, -0.2) is 57.5 Å². The van der Waals surface area contributed by atoms with Crippen molar-refractivity contribution in [2.24, 2.45) is 0 Å². The Labute approximate surface area is 174 Å². The van der Waals surface area contributed by atoms with Crippen LogP contribution in [0.2, 0.25) is 0 Å². The third-order valence-corrected chi connectivity index (χ3v) is 7.20. The van der Waals surface area contributed by atoms with Crippen molar-refractivity contribution in [3.63, 3.8) is 0 Å². The number of rotatable bonds is 7. The van der Waals surface area contributed by atoms with Crippen LogP contribution in [-0.2, 0) is 10.0 Å². The Bertz CT molecular complexity index is 932. The minimum absolute atomic E-state index is 0.253. The molecule has 0 unspecified atom stereocenters.